The zero-order valence-corrected chi connectivity index (χ0v) is 28.0. The minimum atomic E-state index is -5.84. The third-order valence-corrected chi connectivity index (χ3v) is 8.13. The molecule has 3 rings (SSSR count). The molecule has 0 bridgehead atoms. The summed E-state index contributed by atoms with van der Waals surface area (Å²) in [6.07, 6.45) is 15.3. The molecule has 250 valence electrons. The Hall–Kier alpha value is -2.69. The highest BCUT2D eigenvalue weighted by Crippen LogP contribution is 2.38. The molecule has 0 spiro atoms. The lowest BCUT2D eigenvalue weighted by Crippen LogP contribution is -2.21. The van der Waals surface area contributed by atoms with E-state index in [1.54, 1.807) is 0 Å². The maximum atomic E-state index is 10.7. The SMILES string of the molecule is CCCCCCCCOc1ccc(-c2cccc(S)c2-c2ccc(OCCCCCCCC)cc2)cc1.O=S(=O)(O)C(F)(F)F. The van der Waals surface area contributed by atoms with E-state index in [2.05, 4.69) is 80.6 Å². The maximum Gasteiger partial charge on any atom is 0.522 e. The Morgan fingerprint density at radius 2 is 1.04 bits per heavy atom. The average molecular weight is 669 g/mol. The molecular weight excluding hydrogens is 622 g/mol. The van der Waals surface area contributed by atoms with Gasteiger partial charge in [-0.25, -0.2) is 0 Å². The van der Waals surface area contributed by atoms with Gasteiger partial charge in [-0.2, -0.15) is 21.6 Å². The Bertz CT molecular complexity index is 1340. The molecule has 0 radical (unpaired) electrons. The summed E-state index contributed by atoms with van der Waals surface area (Å²) in [6.45, 7) is 6.08. The second kappa shape index (κ2) is 20.4. The zero-order chi connectivity index (χ0) is 33.1. The summed E-state index contributed by atoms with van der Waals surface area (Å²) in [5, 5.41) is 0. The van der Waals surface area contributed by atoms with Crippen LogP contribution in [0.15, 0.2) is 71.6 Å². The van der Waals surface area contributed by atoms with Crippen LogP contribution in [0.2, 0.25) is 0 Å². The van der Waals surface area contributed by atoms with Crippen LogP contribution in [0.3, 0.4) is 0 Å². The van der Waals surface area contributed by atoms with Gasteiger partial charge in [0.15, 0.2) is 0 Å². The predicted molar refractivity (Wildman–Crippen MR) is 180 cm³/mol. The van der Waals surface area contributed by atoms with Gasteiger partial charge >= 0.3 is 15.6 Å². The molecular formula is C35H47F3O5S2. The first-order valence-corrected chi connectivity index (χ1v) is 17.7. The third kappa shape index (κ3) is 14.5. The van der Waals surface area contributed by atoms with E-state index in [-0.39, 0.29) is 0 Å². The summed E-state index contributed by atoms with van der Waals surface area (Å²) in [5.74, 6) is 1.87. The number of ether oxygens (including phenoxy) is 2. The number of rotatable bonds is 18. The summed E-state index contributed by atoms with van der Waals surface area (Å²) in [4.78, 5) is 0.974. The largest absolute Gasteiger partial charge is 0.522 e. The highest BCUT2D eigenvalue weighted by atomic mass is 32.2. The number of unbranched alkanes of at least 4 members (excludes halogenated alkanes) is 10. The Balaban J connectivity index is 0.000000777. The van der Waals surface area contributed by atoms with Crippen LogP contribution in [0.1, 0.15) is 90.9 Å². The van der Waals surface area contributed by atoms with Gasteiger partial charge in [0.05, 0.1) is 13.2 Å². The maximum absolute atomic E-state index is 10.7. The van der Waals surface area contributed by atoms with E-state index in [4.69, 9.17) is 35.1 Å². The van der Waals surface area contributed by atoms with Crippen LogP contribution < -0.4 is 9.47 Å². The molecule has 45 heavy (non-hydrogen) atoms. The quantitative estimate of drug-likeness (QED) is 0.0611. The van der Waals surface area contributed by atoms with E-state index in [0.29, 0.717) is 0 Å². The van der Waals surface area contributed by atoms with Crippen molar-refractivity contribution in [2.45, 2.75) is 101 Å². The van der Waals surface area contributed by atoms with Crippen LogP contribution in [0.25, 0.3) is 22.3 Å². The molecule has 5 nitrogen and oxygen atoms in total. The van der Waals surface area contributed by atoms with Crippen molar-refractivity contribution < 1.29 is 35.6 Å². The molecule has 0 aliphatic carbocycles. The van der Waals surface area contributed by atoms with Crippen molar-refractivity contribution in [3.63, 3.8) is 0 Å². The molecule has 0 aliphatic rings. The topological polar surface area (TPSA) is 72.8 Å². The smallest absolute Gasteiger partial charge is 0.494 e. The average Bonchev–Trinajstić information content (AvgIpc) is 3.00. The van der Waals surface area contributed by atoms with Gasteiger partial charge in [0.25, 0.3) is 0 Å². The first kappa shape index (κ1) is 38.5. The third-order valence-electron chi connectivity index (χ3n) is 7.18. The zero-order valence-electron chi connectivity index (χ0n) is 26.3. The van der Waals surface area contributed by atoms with Crippen molar-refractivity contribution in [3.05, 3.63) is 66.7 Å². The predicted octanol–water partition coefficient (Wildman–Crippen LogP) is 11.2. The molecule has 10 heteroatoms. The first-order chi connectivity index (χ1) is 21.5. The van der Waals surface area contributed by atoms with Crippen LogP contribution in [0, 0.1) is 0 Å². The summed E-state index contributed by atoms with van der Waals surface area (Å²) >= 11 is 4.81. The normalized spacial score (nSPS) is 11.5. The van der Waals surface area contributed by atoms with Gasteiger partial charge in [-0.05, 0) is 59.9 Å². The molecule has 0 saturated carbocycles. The Kier molecular flexibility index (Phi) is 17.5. The summed E-state index contributed by atoms with van der Waals surface area (Å²) < 4.78 is 69.5. The van der Waals surface area contributed by atoms with Crippen molar-refractivity contribution in [1.29, 1.82) is 0 Å². The van der Waals surface area contributed by atoms with E-state index in [1.807, 2.05) is 0 Å². The number of hydrogen-bond acceptors (Lipinski definition) is 5. The number of hydrogen-bond donors (Lipinski definition) is 2. The van der Waals surface area contributed by atoms with Crippen LogP contribution in [0.5, 0.6) is 11.5 Å². The molecule has 0 atom stereocenters. The van der Waals surface area contributed by atoms with Crippen LogP contribution in [-0.2, 0) is 10.1 Å². The summed E-state index contributed by atoms with van der Waals surface area (Å²) in [7, 11) is -5.84. The van der Waals surface area contributed by atoms with E-state index >= 15 is 0 Å². The molecule has 0 fully saturated rings. The highest BCUT2D eigenvalue weighted by Gasteiger charge is 2.44. The van der Waals surface area contributed by atoms with E-state index < -0.39 is 15.6 Å². The summed E-state index contributed by atoms with van der Waals surface area (Å²) in [5.41, 5.74) is -0.894. The Morgan fingerprint density at radius 1 is 0.644 bits per heavy atom. The highest BCUT2D eigenvalue weighted by molar-refractivity contribution is 7.86. The fraction of sp³-hybridized carbons (Fsp3) is 0.486. The fourth-order valence-corrected chi connectivity index (χ4v) is 5.01. The molecule has 1 N–H and O–H groups in total. The van der Waals surface area contributed by atoms with E-state index in [0.717, 1.165) is 53.6 Å². The molecule has 3 aromatic rings. The molecule has 3 aromatic carbocycles. The monoisotopic (exact) mass is 668 g/mol. The molecule has 0 heterocycles. The molecule has 0 unspecified atom stereocenters. The first-order valence-electron chi connectivity index (χ1n) is 15.8. The standard InChI is InChI=1S/C34H46O2S.CHF3O3S/c1-3-5-7-9-11-13-26-35-30-22-18-28(19-23-30)32-16-15-17-33(37)34(32)29-20-24-31(25-21-29)36-27-14-12-10-8-6-4-2;2-1(3,4)8(5,6)7/h15-25,37H,3-14,26-27H2,1-2H3;(H,5,6,7). The summed E-state index contributed by atoms with van der Waals surface area (Å²) in [6, 6.07) is 23.2. The number of alkyl halides is 3. The fourth-order valence-electron chi connectivity index (χ4n) is 4.68. The van der Waals surface area contributed by atoms with Crippen LogP contribution in [-0.4, -0.2) is 31.7 Å². The van der Waals surface area contributed by atoms with Crippen molar-refractivity contribution in [1.82, 2.24) is 0 Å². The van der Waals surface area contributed by atoms with Crippen molar-refractivity contribution >= 4 is 22.7 Å². The van der Waals surface area contributed by atoms with Gasteiger partial charge in [0, 0.05) is 10.5 Å². The molecule has 0 aromatic heterocycles. The van der Waals surface area contributed by atoms with Gasteiger partial charge in [-0.3, -0.25) is 4.55 Å². The van der Waals surface area contributed by atoms with Gasteiger partial charge in [-0.1, -0.05) is 114 Å². The second-order valence-electron chi connectivity index (χ2n) is 10.9. The minimum absolute atomic E-state index is 0.785. The van der Waals surface area contributed by atoms with E-state index in [1.165, 1.54) is 75.3 Å². The molecule has 0 amide bonds. The Morgan fingerprint density at radius 3 is 1.47 bits per heavy atom. The van der Waals surface area contributed by atoms with Crippen molar-refractivity contribution in [3.8, 4) is 33.8 Å². The Labute approximate surface area is 272 Å². The lowest BCUT2D eigenvalue weighted by atomic mass is 9.94. The van der Waals surface area contributed by atoms with Gasteiger partial charge in [-0.15, -0.1) is 12.6 Å². The van der Waals surface area contributed by atoms with Gasteiger partial charge in [0.1, 0.15) is 11.5 Å². The minimum Gasteiger partial charge on any atom is -0.494 e. The van der Waals surface area contributed by atoms with Gasteiger partial charge in [0.2, 0.25) is 0 Å². The van der Waals surface area contributed by atoms with Crippen LogP contribution >= 0.6 is 12.6 Å². The van der Waals surface area contributed by atoms with Crippen molar-refractivity contribution in [2.75, 3.05) is 13.2 Å². The molecule has 0 saturated heterocycles. The van der Waals surface area contributed by atoms with Gasteiger partial charge < -0.3 is 9.47 Å². The lowest BCUT2D eigenvalue weighted by Gasteiger charge is -2.14. The van der Waals surface area contributed by atoms with Crippen LogP contribution in [0.4, 0.5) is 13.2 Å². The molecule has 0 aliphatic heterocycles. The van der Waals surface area contributed by atoms with E-state index in [9.17, 15) is 13.2 Å². The number of halogens is 3. The number of benzene rings is 3. The lowest BCUT2D eigenvalue weighted by molar-refractivity contribution is -0.0510. The number of thiol groups is 1. The second-order valence-corrected chi connectivity index (χ2v) is 12.8. The van der Waals surface area contributed by atoms with Crippen molar-refractivity contribution in [2.24, 2.45) is 0 Å².